The molecule has 0 saturated carbocycles. The lowest BCUT2D eigenvalue weighted by atomic mass is 10.1. The van der Waals surface area contributed by atoms with Crippen LogP contribution >= 0.6 is 0 Å². The molecule has 0 unspecified atom stereocenters. The Morgan fingerprint density at radius 3 is 2.50 bits per heavy atom. The summed E-state index contributed by atoms with van der Waals surface area (Å²) in [6.07, 6.45) is 1.16. The molecule has 0 aliphatic rings. The van der Waals surface area contributed by atoms with Crippen LogP contribution in [0, 0.1) is 0 Å². The third-order valence-electron chi connectivity index (χ3n) is 3.85. The number of hydrogen-bond acceptors (Lipinski definition) is 4. The Hall–Kier alpha value is -1.72. The Morgan fingerprint density at radius 2 is 1.82 bits per heavy atom. The number of aryl methyl sites for hydroxylation is 1. The van der Waals surface area contributed by atoms with Gasteiger partial charge in [-0.2, -0.15) is 15.0 Å². The highest BCUT2D eigenvalue weighted by Crippen LogP contribution is 2.19. The minimum atomic E-state index is 0.760. The molecule has 0 amide bonds. The molecule has 1 heterocycles. The molecule has 0 radical (unpaired) electrons. The molecule has 1 aromatic heterocycles. The monoisotopic (exact) mass is 301 g/mol. The Balaban J connectivity index is 1.86. The standard InChI is InChI=1S/C17H27N5/c1-4-22(5-2)13-9-12-18-14-16-17(20-21(3)19-16)15-10-7-6-8-11-15/h6-8,10-11,18H,4-5,9,12-14H2,1-3H3. The zero-order valence-electron chi connectivity index (χ0n) is 13.9. The summed E-state index contributed by atoms with van der Waals surface area (Å²) in [7, 11) is 1.87. The molecule has 5 nitrogen and oxygen atoms in total. The molecule has 0 fully saturated rings. The van der Waals surface area contributed by atoms with E-state index in [2.05, 4.69) is 46.4 Å². The van der Waals surface area contributed by atoms with E-state index in [0.29, 0.717) is 0 Å². The number of hydrogen-bond donors (Lipinski definition) is 1. The molecule has 1 aromatic carbocycles. The van der Waals surface area contributed by atoms with Crippen molar-refractivity contribution in [3.05, 3.63) is 36.0 Å². The van der Waals surface area contributed by atoms with Crippen LogP contribution in [-0.4, -0.2) is 46.1 Å². The highest BCUT2D eigenvalue weighted by atomic mass is 15.5. The quantitative estimate of drug-likeness (QED) is 0.722. The fraction of sp³-hybridized carbons (Fsp3) is 0.529. The maximum atomic E-state index is 4.49. The first kappa shape index (κ1) is 16.6. The molecule has 0 aliphatic heterocycles. The molecule has 0 aliphatic carbocycles. The fourth-order valence-electron chi connectivity index (χ4n) is 2.56. The topological polar surface area (TPSA) is 46.0 Å². The van der Waals surface area contributed by atoms with E-state index < -0.39 is 0 Å². The van der Waals surface area contributed by atoms with Crippen LogP contribution in [0.4, 0.5) is 0 Å². The Bertz CT molecular complexity index is 545. The van der Waals surface area contributed by atoms with Crippen molar-refractivity contribution < 1.29 is 0 Å². The van der Waals surface area contributed by atoms with E-state index in [9.17, 15) is 0 Å². The summed E-state index contributed by atoms with van der Waals surface area (Å²) in [4.78, 5) is 4.09. The molecule has 2 rings (SSSR count). The molecule has 1 N–H and O–H groups in total. The Labute approximate surface area is 133 Å². The Kier molecular flexibility index (Phi) is 6.55. The molecule has 120 valence electrons. The van der Waals surface area contributed by atoms with E-state index in [1.54, 1.807) is 4.80 Å². The van der Waals surface area contributed by atoms with Gasteiger partial charge in [-0.25, -0.2) is 0 Å². The van der Waals surface area contributed by atoms with Gasteiger partial charge in [0.25, 0.3) is 0 Å². The van der Waals surface area contributed by atoms with Gasteiger partial charge < -0.3 is 10.2 Å². The van der Waals surface area contributed by atoms with Crippen LogP contribution in [0.3, 0.4) is 0 Å². The molecular formula is C17H27N5. The average Bonchev–Trinajstić information content (AvgIpc) is 2.92. The molecule has 0 saturated heterocycles. The highest BCUT2D eigenvalue weighted by molar-refractivity contribution is 5.60. The maximum absolute atomic E-state index is 4.49. The van der Waals surface area contributed by atoms with Crippen LogP contribution in [0.25, 0.3) is 11.3 Å². The number of nitrogens with one attached hydrogen (secondary N) is 1. The first-order valence-electron chi connectivity index (χ1n) is 8.13. The van der Waals surface area contributed by atoms with Gasteiger partial charge in [0.15, 0.2) is 0 Å². The van der Waals surface area contributed by atoms with Crippen molar-refractivity contribution in [1.82, 2.24) is 25.2 Å². The van der Waals surface area contributed by atoms with Crippen molar-refractivity contribution in [3.8, 4) is 11.3 Å². The van der Waals surface area contributed by atoms with E-state index in [-0.39, 0.29) is 0 Å². The minimum absolute atomic E-state index is 0.760. The van der Waals surface area contributed by atoms with Crippen molar-refractivity contribution in [1.29, 1.82) is 0 Å². The molecule has 5 heteroatoms. The van der Waals surface area contributed by atoms with Gasteiger partial charge in [0.2, 0.25) is 0 Å². The van der Waals surface area contributed by atoms with Crippen molar-refractivity contribution >= 4 is 0 Å². The predicted molar refractivity (Wildman–Crippen MR) is 90.6 cm³/mol. The number of benzene rings is 1. The summed E-state index contributed by atoms with van der Waals surface area (Å²) >= 11 is 0. The van der Waals surface area contributed by atoms with Crippen molar-refractivity contribution in [2.45, 2.75) is 26.8 Å². The van der Waals surface area contributed by atoms with Gasteiger partial charge in [0.1, 0.15) is 11.4 Å². The van der Waals surface area contributed by atoms with E-state index in [1.807, 2.05) is 25.2 Å². The van der Waals surface area contributed by atoms with E-state index in [1.165, 1.54) is 0 Å². The molecular weight excluding hydrogens is 274 g/mol. The molecule has 0 spiro atoms. The van der Waals surface area contributed by atoms with Gasteiger partial charge in [-0.1, -0.05) is 44.2 Å². The van der Waals surface area contributed by atoms with E-state index >= 15 is 0 Å². The average molecular weight is 301 g/mol. The lowest BCUT2D eigenvalue weighted by Gasteiger charge is -2.17. The Morgan fingerprint density at radius 1 is 1.09 bits per heavy atom. The second-order valence-corrected chi connectivity index (χ2v) is 5.41. The van der Waals surface area contributed by atoms with Crippen LogP contribution in [0.1, 0.15) is 26.0 Å². The first-order valence-corrected chi connectivity index (χ1v) is 8.13. The lowest BCUT2D eigenvalue weighted by Crippen LogP contribution is -2.27. The summed E-state index contributed by atoms with van der Waals surface area (Å²) in [6, 6.07) is 10.2. The second-order valence-electron chi connectivity index (χ2n) is 5.41. The molecule has 0 atom stereocenters. The van der Waals surface area contributed by atoms with E-state index in [4.69, 9.17) is 0 Å². The summed E-state index contributed by atoms with van der Waals surface area (Å²) in [5, 5.41) is 12.5. The number of aromatic nitrogens is 3. The maximum Gasteiger partial charge on any atom is 0.117 e. The van der Waals surface area contributed by atoms with Crippen LogP contribution in [0.5, 0.6) is 0 Å². The molecule has 2 aromatic rings. The van der Waals surface area contributed by atoms with Gasteiger partial charge in [-0.05, 0) is 32.6 Å². The van der Waals surface area contributed by atoms with Crippen LogP contribution in [0.2, 0.25) is 0 Å². The third-order valence-corrected chi connectivity index (χ3v) is 3.85. The van der Waals surface area contributed by atoms with Crippen LogP contribution in [0.15, 0.2) is 30.3 Å². The number of nitrogens with zero attached hydrogens (tertiary/aromatic N) is 4. The van der Waals surface area contributed by atoms with Crippen LogP contribution < -0.4 is 5.32 Å². The van der Waals surface area contributed by atoms with Crippen LogP contribution in [-0.2, 0) is 13.6 Å². The highest BCUT2D eigenvalue weighted by Gasteiger charge is 2.11. The minimum Gasteiger partial charge on any atom is -0.311 e. The largest absolute Gasteiger partial charge is 0.311 e. The molecule has 22 heavy (non-hydrogen) atoms. The molecule has 0 bridgehead atoms. The first-order chi connectivity index (χ1) is 10.7. The van der Waals surface area contributed by atoms with Gasteiger partial charge in [-0.15, -0.1) is 0 Å². The summed E-state index contributed by atoms with van der Waals surface area (Å²) in [5.41, 5.74) is 3.10. The smallest absolute Gasteiger partial charge is 0.117 e. The van der Waals surface area contributed by atoms with Gasteiger partial charge >= 0.3 is 0 Å². The zero-order chi connectivity index (χ0) is 15.8. The van der Waals surface area contributed by atoms with Gasteiger partial charge in [0.05, 0.1) is 0 Å². The van der Waals surface area contributed by atoms with Crippen molar-refractivity contribution in [2.24, 2.45) is 7.05 Å². The number of rotatable bonds is 9. The van der Waals surface area contributed by atoms with E-state index in [0.717, 1.165) is 56.1 Å². The zero-order valence-corrected chi connectivity index (χ0v) is 13.9. The second kappa shape index (κ2) is 8.66. The van der Waals surface area contributed by atoms with Crippen molar-refractivity contribution in [2.75, 3.05) is 26.2 Å². The van der Waals surface area contributed by atoms with Crippen molar-refractivity contribution in [3.63, 3.8) is 0 Å². The predicted octanol–water partition coefficient (Wildman–Crippen LogP) is 2.30. The fourth-order valence-corrected chi connectivity index (χ4v) is 2.56. The normalized spacial score (nSPS) is 11.3. The van der Waals surface area contributed by atoms with Gasteiger partial charge in [0, 0.05) is 19.2 Å². The summed E-state index contributed by atoms with van der Waals surface area (Å²) < 4.78 is 0. The summed E-state index contributed by atoms with van der Waals surface area (Å²) in [6.45, 7) is 9.58. The van der Waals surface area contributed by atoms with Gasteiger partial charge in [-0.3, -0.25) is 0 Å². The summed E-state index contributed by atoms with van der Waals surface area (Å²) in [5.74, 6) is 0. The third kappa shape index (κ3) is 4.64. The lowest BCUT2D eigenvalue weighted by molar-refractivity contribution is 0.298. The SMILES string of the molecule is CCN(CC)CCCNCc1nn(C)nc1-c1ccccc1.